The minimum atomic E-state index is -2.83. The van der Waals surface area contributed by atoms with Gasteiger partial charge in [0.25, 0.3) is 0 Å². The Bertz CT molecular complexity index is 3490. The van der Waals surface area contributed by atoms with Crippen molar-refractivity contribution in [2.24, 2.45) is 0 Å². The van der Waals surface area contributed by atoms with Crippen molar-refractivity contribution in [3.8, 4) is 11.5 Å². The van der Waals surface area contributed by atoms with Crippen molar-refractivity contribution < 1.29 is 4.42 Å². The van der Waals surface area contributed by atoms with E-state index in [-0.39, 0.29) is 0 Å². The van der Waals surface area contributed by atoms with Crippen LogP contribution in [0, 0.1) is 0 Å². The number of nitrogens with zero attached hydrogens (tertiary/aromatic N) is 2. The Morgan fingerprint density at radius 3 is 1.68 bits per heavy atom. The summed E-state index contributed by atoms with van der Waals surface area (Å²) in [5.41, 5.74) is 5.86. The minimum absolute atomic E-state index is 0.624. The highest BCUT2D eigenvalue weighted by Gasteiger charge is 2.41. The second kappa shape index (κ2) is 14.9. The number of anilines is 3. The lowest BCUT2D eigenvalue weighted by atomic mass is 10.00. The van der Waals surface area contributed by atoms with Crippen LogP contribution in [0.15, 0.2) is 235 Å². The highest BCUT2D eigenvalue weighted by atomic mass is 32.1. The van der Waals surface area contributed by atoms with Gasteiger partial charge in [0, 0.05) is 48.2 Å². The van der Waals surface area contributed by atoms with E-state index in [0.29, 0.717) is 5.89 Å². The fraction of sp³-hybridized carbons (Fsp3) is 0. The standard InChI is InChI=1S/C57H38N2OSSi/c1-5-16-41(17-6-1)57-58-52-35-31-40-29-28-39-30-32-43(37-51(39)55(40)56(52)60-57)59(44-33-34-50-49-26-13-14-27-53(49)61-54(50)38-44)42-18-15-25-48(36-42)62(45-19-7-2-8-20-45,46-21-9-3-10-22-46)47-23-11-4-12-24-47/h1-38H. The maximum Gasteiger partial charge on any atom is 0.227 e. The SMILES string of the molecule is c1ccc(-c2nc3ccc4ccc5ccc(N(c6cccc([Si](c7ccccc7)(c7ccccc7)c7ccccc7)c6)c6ccc7c(c6)sc6ccccc67)cc5c4c3o2)cc1. The lowest BCUT2D eigenvalue weighted by Gasteiger charge is -2.35. The van der Waals surface area contributed by atoms with Crippen LogP contribution < -0.4 is 25.6 Å². The van der Waals surface area contributed by atoms with Crippen molar-refractivity contribution in [2.75, 3.05) is 4.90 Å². The van der Waals surface area contributed by atoms with E-state index in [2.05, 4.69) is 205 Å². The Labute approximate surface area is 364 Å². The summed E-state index contributed by atoms with van der Waals surface area (Å²) in [5, 5.41) is 12.3. The largest absolute Gasteiger partial charge is 0.435 e. The summed E-state index contributed by atoms with van der Waals surface area (Å²) < 4.78 is 9.23. The Morgan fingerprint density at radius 1 is 0.403 bits per heavy atom. The Balaban J connectivity index is 1.12. The average Bonchev–Trinajstić information content (AvgIpc) is 3.95. The van der Waals surface area contributed by atoms with Crippen LogP contribution >= 0.6 is 11.3 Å². The van der Waals surface area contributed by atoms with Gasteiger partial charge in [0.15, 0.2) is 13.7 Å². The van der Waals surface area contributed by atoms with Gasteiger partial charge in [-0.3, -0.25) is 0 Å². The van der Waals surface area contributed by atoms with Gasteiger partial charge in [-0.15, -0.1) is 11.3 Å². The molecule has 5 heteroatoms. The second-order valence-electron chi connectivity index (χ2n) is 15.9. The smallest absolute Gasteiger partial charge is 0.227 e. The molecule has 0 bridgehead atoms. The van der Waals surface area contributed by atoms with E-state index in [1.165, 1.54) is 40.9 Å². The molecule has 62 heavy (non-hydrogen) atoms. The number of thiophene rings is 1. The zero-order chi connectivity index (χ0) is 41.0. The third kappa shape index (κ3) is 5.89. The molecular weight excluding hydrogens is 789 g/mol. The fourth-order valence-electron chi connectivity index (χ4n) is 9.60. The van der Waals surface area contributed by atoms with E-state index in [4.69, 9.17) is 9.40 Å². The molecule has 292 valence electrons. The summed E-state index contributed by atoms with van der Waals surface area (Å²) in [5.74, 6) is 0.624. The molecule has 0 amide bonds. The topological polar surface area (TPSA) is 29.3 Å². The fourth-order valence-corrected chi connectivity index (χ4v) is 15.5. The maximum atomic E-state index is 6.68. The Morgan fingerprint density at radius 2 is 0.952 bits per heavy atom. The number of oxazole rings is 1. The van der Waals surface area contributed by atoms with Gasteiger partial charge >= 0.3 is 0 Å². The van der Waals surface area contributed by atoms with Crippen molar-refractivity contribution in [1.82, 2.24) is 4.98 Å². The van der Waals surface area contributed by atoms with Gasteiger partial charge in [-0.05, 0) is 97.6 Å². The van der Waals surface area contributed by atoms with Crippen LogP contribution in [0.1, 0.15) is 0 Å². The van der Waals surface area contributed by atoms with Crippen LogP contribution in [0.2, 0.25) is 0 Å². The highest BCUT2D eigenvalue weighted by molar-refractivity contribution is 7.25. The number of benzene rings is 10. The van der Waals surface area contributed by atoms with Gasteiger partial charge in [-0.1, -0.05) is 170 Å². The van der Waals surface area contributed by atoms with Gasteiger partial charge in [0.2, 0.25) is 5.89 Å². The Kier molecular flexibility index (Phi) is 8.70. The monoisotopic (exact) mass is 826 g/mol. The molecule has 2 aromatic heterocycles. The third-order valence-corrected chi connectivity index (χ3v) is 18.3. The summed E-state index contributed by atoms with van der Waals surface area (Å²) in [6, 6.07) is 84.2. The maximum absolute atomic E-state index is 6.68. The van der Waals surface area contributed by atoms with Gasteiger partial charge in [-0.25, -0.2) is 4.98 Å². The van der Waals surface area contributed by atoms with Crippen LogP contribution in [0.25, 0.3) is 64.3 Å². The zero-order valence-electron chi connectivity index (χ0n) is 33.7. The lowest BCUT2D eigenvalue weighted by Crippen LogP contribution is -2.74. The van der Waals surface area contributed by atoms with E-state index in [9.17, 15) is 0 Å². The predicted molar refractivity (Wildman–Crippen MR) is 266 cm³/mol. The quantitative estimate of drug-likeness (QED) is 0.0868. The second-order valence-corrected chi connectivity index (χ2v) is 20.8. The van der Waals surface area contributed by atoms with Crippen LogP contribution in [0.4, 0.5) is 17.1 Å². The van der Waals surface area contributed by atoms with Gasteiger partial charge in [-0.2, -0.15) is 0 Å². The zero-order valence-corrected chi connectivity index (χ0v) is 35.5. The molecule has 0 fully saturated rings. The molecule has 12 aromatic rings. The summed E-state index contributed by atoms with van der Waals surface area (Å²) in [6.45, 7) is 0. The lowest BCUT2D eigenvalue weighted by molar-refractivity contribution is 0.623. The van der Waals surface area contributed by atoms with Crippen LogP contribution in [-0.4, -0.2) is 13.1 Å². The number of aromatic nitrogens is 1. The van der Waals surface area contributed by atoms with Crippen molar-refractivity contribution in [3.63, 3.8) is 0 Å². The average molecular weight is 827 g/mol. The first-order chi connectivity index (χ1) is 30.7. The molecule has 3 nitrogen and oxygen atoms in total. The molecule has 0 aliphatic heterocycles. The Hall–Kier alpha value is -7.57. The molecule has 12 rings (SSSR count). The van der Waals surface area contributed by atoms with Crippen LogP contribution in [-0.2, 0) is 0 Å². The van der Waals surface area contributed by atoms with Crippen LogP contribution in [0.5, 0.6) is 0 Å². The first-order valence-corrected chi connectivity index (χ1v) is 23.8. The predicted octanol–water partition coefficient (Wildman–Crippen LogP) is 13.0. The third-order valence-electron chi connectivity index (χ3n) is 12.4. The molecule has 0 saturated heterocycles. The number of hydrogen-bond acceptors (Lipinski definition) is 4. The summed E-state index contributed by atoms with van der Waals surface area (Å²) in [7, 11) is -2.83. The minimum Gasteiger partial charge on any atom is -0.435 e. The molecule has 0 saturated carbocycles. The molecule has 10 aromatic carbocycles. The van der Waals surface area contributed by atoms with Crippen LogP contribution in [0.3, 0.4) is 0 Å². The van der Waals surface area contributed by atoms with Crippen molar-refractivity contribution in [2.45, 2.75) is 0 Å². The summed E-state index contributed by atoms with van der Waals surface area (Å²) >= 11 is 1.85. The molecule has 0 atom stereocenters. The van der Waals surface area contributed by atoms with Crippen molar-refractivity contribution >= 4 is 110 Å². The van der Waals surface area contributed by atoms with E-state index in [1.807, 2.05) is 41.7 Å². The van der Waals surface area contributed by atoms with E-state index < -0.39 is 8.07 Å². The molecule has 0 aliphatic rings. The number of fused-ring (bicyclic) bond motifs is 8. The first kappa shape index (κ1) is 36.3. The summed E-state index contributed by atoms with van der Waals surface area (Å²) in [6.07, 6.45) is 0. The highest BCUT2D eigenvalue weighted by Crippen LogP contribution is 2.43. The molecule has 0 N–H and O–H groups in total. The van der Waals surface area contributed by atoms with Gasteiger partial charge < -0.3 is 9.32 Å². The molecule has 0 aliphatic carbocycles. The van der Waals surface area contributed by atoms with E-state index in [0.717, 1.165) is 55.3 Å². The first-order valence-electron chi connectivity index (χ1n) is 21.0. The normalized spacial score (nSPS) is 11.9. The van der Waals surface area contributed by atoms with Gasteiger partial charge in [0.05, 0.1) is 0 Å². The number of hydrogen-bond donors (Lipinski definition) is 0. The molecule has 0 radical (unpaired) electrons. The molecular formula is C57H38N2OSSi. The van der Waals surface area contributed by atoms with E-state index in [1.54, 1.807) is 0 Å². The van der Waals surface area contributed by atoms with E-state index >= 15 is 0 Å². The van der Waals surface area contributed by atoms with Crippen molar-refractivity contribution in [1.29, 1.82) is 0 Å². The number of rotatable bonds is 8. The molecule has 0 unspecified atom stereocenters. The van der Waals surface area contributed by atoms with Gasteiger partial charge in [0.1, 0.15) is 5.52 Å². The molecule has 0 spiro atoms. The molecule has 2 heterocycles. The summed E-state index contributed by atoms with van der Waals surface area (Å²) in [4.78, 5) is 7.42. The van der Waals surface area contributed by atoms with Crippen molar-refractivity contribution in [3.05, 3.63) is 231 Å².